The van der Waals surface area contributed by atoms with Gasteiger partial charge in [-0.2, -0.15) is 13.2 Å². The third-order valence-corrected chi connectivity index (χ3v) is 5.25. The summed E-state index contributed by atoms with van der Waals surface area (Å²) in [5.41, 5.74) is 0.923. The first kappa shape index (κ1) is 24.0. The number of ether oxygens (including phenoxy) is 1. The second-order valence-corrected chi connectivity index (χ2v) is 8.14. The van der Waals surface area contributed by atoms with E-state index in [-0.39, 0.29) is 17.7 Å². The zero-order valence-corrected chi connectivity index (χ0v) is 18.9. The largest absolute Gasteiger partial charge is 0.485 e. The quantitative estimate of drug-likeness (QED) is 0.541. The number of alkyl halides is 3. The summed E-state index contributed by atoms with van der Waals surface area (Å²) in [5.74, 6) is 0.209. The first-order chi connectivity index (χ1) is 16.6. The van der Waals surface area contributed by atoms with Gasteiger partial charge in [0.25, 0.3) is 5.91 Å². The Morgan fingerprint density at radius 2 is 1.83 bits per heavy atom. The molecular formula is C24H22F3N5O3. The van der Waals surface area contributed by atoms with E-state index in [2.05, 4.69) is 20.6 Å². The van der Waals surface area contributed by atoms with E-state index in [9.17, 15) is 22.8 Å². The Morgan fingerprint density at radius 1 is 1.06 bits per heavy atom. The highest BCUT2D eigenvalue weighted by atomic mass is 19.4. The predicted molar refractivity (Wildman–Crippen MR) is 124 cm³/mol. The number of carbonyl (C=O) groups excluding carboxylic acids is 2. The Kier molecular flexibility index (Phi) is 6.59. The summed E-state index contributed by atoms with van der Waals surface area (Å²) in [7, 11) is 0. The van der Waals surface area contributed by atoms with Crippen LogP contribution in [-0.4, -0.2) is 41.0 Å². The Labute approximate surface area is 199 Å². The summed E-state index contributed by atoms with van der Waals surface area (Å²) in [5, 5.41) is 5.09. The van der Waals surface area contributed by atoms with Gasteiger partial charge in [-0.15, -0.1) is 0 Å². The Balaban J connectivity index is 1.42. The van der Waals surface area contributed by atoms with Crippen LogP contribution in [0.4, 0.5) is 30.4 Å². The van der Waals surface area contributed by atoms with E-state index in [0.29, 0.717) is 42.1 Å². The van der Waals surface area contributed by atoms with Crippen molar-refractivity contribution in [1.29, 1.82) is 0 Å². The average molecular weight is 485 g/mol. The topological polar surface area (TPSA) is 96.5 Å². The molecule has 0 unspecified atom stereocenters. The molecular weight excluding hydrogens is 463 g/mol. The number of carbonyl (C=O) groups is 2. The molecule has 1 fully saturated rings. The standard InChI is InChI=1S/C24H22F3N5O3/c1-14-3-5-20(23(34)31-17-8-16(9-28-10-17)24(25,26)27)21(7-14)32-12-19(13-32)35-18-4-6-22(29-11-18)30-15(2)33/h3-11,19H,12-13H2,1-2H3,(H,31,34)(H,29,30,33). The maximum atomic E-state index is 13.0. The molecule has 1 aliphatic heterocycles. The summed E-state index contributed by atoms with van der Waals surface area (Å²) in [6.45, 7) is 4.29. The second kappa shape index (κ2) is 9.61. The van der Waals surface area contributed by atoms with Gasteiger partial charge in [-0.05, 0) is 42.8 Å². The van der Waals surface area contributed by atoms with Crippen LogP contribution in [0.1, 0.15) is 28.4 Å². The van der Waals surface area contributed by atoms with Crippen LogP contribution in [0.5, 0.6) is 5.75 Å². The predicted octanol–water partition coefficient (Wildman–Crippen LogP) is 4.28. The fourth-order valence-corrected chi connectivity index (χ4v) is 3.56. The van der Waals surface area contributed by atoms with E-state index in [1.165, 1.54) is 19.3 Å². The Bertz CT molecular complexity index is 1240. The van der Waals surface area contributed by atoms with Crippen molar-refractivity contribution < 1.29 is 27.5 Å². The molecule has 8 nitrogen and oxygen atoms in total. The lowest BCUT2D eigenvalue weighted by atomic mass is 10.0. The van der Waals surface area contributed by atoms with E-state index in [1.807, 2.05) is 17.9 Å². The Morgan fingerprint density at radius 3 is 2.49 bits per heavy atom. The molecule has 0 bridgehead atoms. The molecule has 11 heteroatoms. The van der Waals surface area contributed by atoms with Gasteiger partial charge in [-0.25, -0.2) is 4.98 Å². The molecule has 0 spiro atoms. The maximum Gasteiger partial charge on any atom is 0.417 e. The number of nitrogens with zero attached hydrogens (tertiary/aromatic N) is 3. The van der Waals surface area contributed by atoms with Crippen molar-refractivity contribution in [2.24, 2.45) is 0 Å². The molecule has 2 N–H and O–H groups in total. The molecule has 1 aromatic carbocycles. The zero-order chi connectivity index (χ0) is 25.2. The highest BCUT2D eigenvalue weighted by molar-refractivity contribution is 6.08. The van der Waals surface area contributed by atoms with Crippen molar-refractivity contribution in [3.8, 4) is 5.75 Å². The van der Waals surface area contributed by atoms with Gasteiger partial charge in [0.15, 0.2) is 0 Å². The summed E-state index contributed by atoms with van der Waals surface area (Å²) >= 11 is 0. The number of aryl methyl sites for hydroxylation is 1. The summed E-state index contributed by atoms with van der Waals surface area (Å²) in [6.07, 6.45) is -1.32. The van der Waals surface area contributed by atoms with E-state index in [4.69, 9.17) is 4.74 Å². The normalized spacial score (nSPS) is 13.7. The molecule has 1 saturated heterocycles. The van der Waals surface area contributed by atoms with Crippen LogP contribution in [0.25, 0.3) is 0 Å². The van der Waals surface area contributed by atoms with Crippen molar-refractivity contribution >= 4 is 29.0 Å². The fourth-order valence-electron chi connectivity index (χ4n) is 3.56. The lowest BCUT2D eigenvalue weighted by molar-refractivity contribution is -0.137. The van der Waals surface area contributed by atoms with Gasteiger partial charge in [-0.1, -0.05) is 6.07 Å². The van der Waals surface area contributed by atoms with Gasteiger partial charge >= 0.3 is 6.18 Å². The lowest BCUT2D eigenvalue weighted by Crippen LogP contribution is -2.54. The molecule has 0 saturated carbocycles. The van der Waals surface area contributed by atoms with Crippen molar-refractivity contribution in [3.63, 3.8) is 0 Å². The number of halogens is 3. The molecule has 2 aromatic heterocycles. The number of rotatable bonds is 6. The number of pyridine rings is 2. The molecule has 0 radical (unpaired) electrons. The number of amides is 2. The van der Waals surface area contributed by atoms with Crippen LogP contribution in [0.2, 0.25) is 0 Å². The van der Waals surface area contributed by atoms with Gasteiger partial charge < -0.3 is 20.3 Å². The zero-order valence-electron chi connectivity index (χ0n) is 18.9. The molecule has 1 aliphatic rings. The molecule has 2 amide bonds. The molecule has 35 heavy (non-hydrogen) atoms. The van der Waals surface area contributed by atoms with Crippen LogP contribution in [0.15, 0.2) is 55.0 Å². The molecule has 0 aliphatic carbocycles. The second-order valence-electron chi connectivity index (χ2n) is 8.14. The van der Waals surface area contributed by atoms with Gasteiger partial charge in [-0.3, -0.25) is 14.6 Å². The van der Waals surface area contributed by atoms with E-state index < -0.39 is 17.6 Å². The number of hydrogen-bond donors (Lipinski definition) is 2. The van der Waals surface area contributed by atoms with Gasteiger partial charge in [0, 0.05) is 13.1 Å². The SMILES string of the molecule is CC(=O)Nc1ccc(OC2CN(c3cc(C)ccc3C(=O)Nc3cncc(C(F)(F)F)c3)C2)cn1. The van der Waals surface area contributed by atoms with Gasteiger partial charge in [0.05, 0.1) is 48.0 Å². The van der Waals surface area contributed by atoms with E-state index >= 15 is 0 Å². The minimum Gasteiger partial charge on any atom is -0.485 e. The van der Waals surface area contributed by atoms with Crippen LogP contribution in [0.3, 0.4) is 0 Å². The van der Waals surface area contributed by atoms with Crippen molar-refractivity contribution in [1.82, 2.24) is 9.97 Å². The van der Waals surface area contributed by atoms with Crippen LogP contribution in [0, 0.1) is 6.92 Å². The molecule has 0 atom stereocenters. The summed E-state index contributed by atoms with van der Waals surface area (Å²) in [4.78, 5) is 33.7. The third kappa shape index (κ3) is 5.86. The summed E-state index contributed by atoms with van der Waals surface area (Å²) < 4.78 is 44.8. The Hall–Kier alpha value is -4.15. The molecule has 182 valence electrons. The highest BCUT2D eigenvalue weighted by Gasteiger charge is 2.33. The van der Waals surface area contributed by atoms with Crippen LogP contribution in [-0.2, 0) is 11.0 Å². The van der Waals surface area contributed by atoms with Crippen LogP contribution >= 0.6 is 0 Å². The number of benzene rings is 1. The molecule has 3 heterocycles. The number of aromatic nitrogens is 2. The van der Waals surface area contributed by atoms with Crippen molar-refractivity contribution in [2.45, 2.75) is 26.1 Å². The first-order valence-electron chi connectivity index (χ1n) is 10.7. The fraction of sp³-hybridized carbons (Fsp3) is 0.250. The third-order valence-electron chi connectivity index (χ3n) is 5.25. The maximum absolute atomic E-state index is 13.0. The first-order valence-corrected chi connectivity index (χ1v) is 10.7. The molecule has 4 rings (SSSR count). The van der Waals surface area contributed by atoms with Gasteiger partial charge in [0.1, 0.15) is 17.7 Å². The average Bonchev–Trinajstić information content (AvgIpc) is 2.76. The minimum atomic E-state index is -4.56. The smallest absolute Gasteiger partial charge is 0.417 e. The number of hydrogen-bond acceptors (Lipinski definition) is 6. The monoisotopic (exact) mass is 485 g/mol. The highest BCUT2D eigenvalue weighted by Crippen LogP contribution is 2.32. The minimum absolute atomic E-state index is 0.0450. The van der Waals surface area contributed by atoms with E-state index in [0.717, 1.165) is 11.6 Å². The van der Waals surface area contributed by atoms with Crippen molar-refractivity contribution in [2.75, 3.05) is 28.6 Å². The summed E-state index contributed by atoms with van der Waals surface area (Å²) in [6, 6.07) is 9.43. The number of anilines is 3. The van der Waals surface area contributed by atoms with Crippen LogP contribution < -0.4 is 20.3 Å². The lowest BCUT2D eigenvalue weighted by Gasteiger charge is -2.41. The van der Waals surface area contributed by atoms with Gasteiger partial charge in [0.2, 0.25) is 5.91 Å². The number of nitrogens with one attached hydrogen (secondary N) is 2. The molecule has 3 aromatic rings. The van der Waals surface area contributed by atoms with E-state index in [1.54, 1.807) is 24.3 Å². The van der Waals surface area contributed by atoms with Crippen molar-refractivity contribution in [3.05, 3.63) is 71.7 Å².